The Morgan fingerprint density at radius 3 is 2.21 bits per heavy atom. The Kier molecular flexibility index (Phi) is 5.74. The van der Waals surface area contributed by atoms with Gasteiger partial charge in [0.05, 0.1) is 16.2 Å². The Hall–Kier alpha value is -4.34. The average Bonchev–Trinajstić information content (AvgIpc) is 2.76. The van der Waals surface area contributed by atoms with Crippen molar-refractivity contribution in [3.8, 4) is 22.4 Å². The molecule has 0 radical (unpaired) electrons. The molecule has 168 valence electrons. The van der Waals surface area contributed by atoms with Crippen LogP contribution in [0.3, 0.4) is 0 Å². The average molecular weight is 448 g/mol. The maximum atomic E-state index is 11.6. The predicted molar refractivity (Wildman–Crippen MR) is 119 cm³/mol. The third kappa shape index (κ3) is 4.36. The first kappa shape index (κ1) is 21.9. The molecule has 0 bridgehead atoms. The second-order valence-electron chi connectivity index (χ2n) is 7.91. The molecule has 3 aromatic rings. The van der Waals surface area contributed by atoms with Crippen LogP contribution in [0, 0.1) is 20.2 Å². The van der Waals surface area contributed by atoms with Gasteiger partial charge >= 0.3 is 6.09 Å². The van der Waals surface area contributed by atoms with Gasteiger partial charge in [0, 0.05) is 22.1 Å². The van der Waals surface area contributed by atoms with Crippen LogP contribution in [0.5, 0.6) is 0 Å². The van der Waals surface area contributed by atoms with Gasteiger partial charge in [-0.3, -0.25) is 20.2 Å². The van der Waals surface area contributed by atoms with E-state index in [1.807, 2.05) is 6.07 Å². The molecule has 0 saturated heterocycles. The third-order valence-corrected chi connectivity index (χ3v) is 5.90. The molecule has 1 aliphatic rings. The monoisotopic (exact) mass is 448 g/mol. The van der Waals surface area contributed by atoms with Gasteiger partial charge in [-0.25, -0.2) is 9.78 Å². The lowest BCUT2D eigenvalue weighted by Crippen LogP contribution is -2.50. The van der Waals surface area contributed by atoms with Crippen molar-refractivity contribution in [2.24, 2.45) is 0 Å². The Morgan fingerprint density at radius 2 is 1.70 bits per heavy atom. The number of hydrogen-bond donors (Lipinski definition) is 2. The third-order valence-electron chi connectivity index (χ3n) is 5.90. The van der Waals surface area contributed by atoms with E-state index in [-0.39, 0.29) is 5.69 Å². The molecule has 2 N–H and O–H groups in total. The number of nitrogens with one attached hydrogen (secondary N) is 1. The van der Waals surface area contributed by atoms with E-state index in [1.165, 1.54) is 6.07 Å². The molecule has 10 heteroatoms. The van der Waals surface area contributed by atoms with Crippen molar-refractivity contribution in [3.63, 3.8) is 0 Å². The van der Waals surface area contributed by atoms with Crippen LogP contribution in [-0.4, -0.2) is 26.0 Å². The van der Waals surface area contributed by atoms with Crippen LogP contribution in [0.25, 0.3) is 22.4 Å². The van der Waals surface area contributed by atoms with Crippen molar-refractivity contribution >= 4 is 11.8 Å². The molecule has 10 nitrogen and oxygen atoms in total. The lowest BCUT2D eigenvalue weighted by molar-refractivity contribution is -0.499. The number of nitrogens with zero attached hydrogens (tertiary/aromatic N) is 3. The molecule has 33 heavy (non-hydrogen) atoms. The highest BCUT2D eigenvalue weighted by molar-refractivity contribution is 5.82. The largest absolute Gasteiger partial charge is 0.465 e. The van der Waals surface area contributed by atoms with Crippen molar-refractivity contribution < 1.29 is 19.7 Å². The number of carbonyl (C=O) groups is 1. The fraction of sp³-hybridized carbons (Fsp3) is 0.217. The van der Waals surface area contributed by atoms with Crippen LogP contribution >= 0.6 is 0 Å². The van der Waals surface area contributed by atoms with E-state index in [0.29, 0.717) is 35.2 Å². The van der Waals surface area contributed by atoms with E-state index in [4.69, 9.17) is 0 Å². The zero-order valence-electron chi connectivity index (χ0n) is 17.4. The quantitative estimate of drug-likeness (QED) is 0.391. The number of aromatic nitrogens is 1. The van der Waals surface area contributed by atoms with Crippen molar-refractivity contribution in [2.45, 2.75) is 31.3 Å². The normalized spacial score (nSPS) is 14.2. The topological polar surface area (TPSA) is 149 Å². The van der Waals surface area contributed by atoms with E-state index in [2.05, 4.69) is 10.3 Å². The molecule has 0 aliphatic heterocycles. The number of hydrogen-bond acceptors (Lipinski definition) is 6. The van der Waals surface area contributed by atoms with Crippen molar-refractivity contribution in [3.05, 3.63) is 92.1 Å². The highest BCUT2D eigenvalue weighted by Crippen LogP contribution is 2.42. The molecular formula is C23H20N4O6. The van der Waals surface area contributed by atoms with Crippen LogP contribution in [0.2, 0.25) is 0 Å². The predicted octanol–water partition coefficient (Wildman–Crippen LogP) is 4.75. The van der Waals surface area contributed by atoms with Crippen LogP contribution in [-0.2, 0) is 12.1 Å². The van der Waals surface area contributed by atoms with Gasteiger partial charge in [-0.15, -0.1) is 0 Å². The fourth-order valence-electron chi connectivity index (χ4n) is 4.16. The Balaban J connectivity index is 1.84. The van der Waals surface area contributed by atoms with Gasteiger partial charge in [0.1, 0.15) is 0 Å². The SMILES string of the molecule is O=C(O)NC1(c2ccc(-c3nc(C[N+](=O)[O-])c([N+](=O)[O-])cc3-c3ccccc3)cc2)CCC1. The summed E-state index contributed by atoms with van der Waals surface area (Å²) >= 11 is 0. The van der Waals surface area contributed by atoms with Gasteiger partial charge in [-0.2, -0.15) is 0 Å². The Morgan fingerprint density at radius 1 is 1.03 bits per heavy atom. The first-order chi connectivity index (χ1) is 15.8. The summed E-state index contributed by atoms with van der Waals surface area (Å²) in [6.45, 7) is -0.776. The summed E-state index contributed by atoms with van der Waals surface area (Å²) in [5.74, 6) is 0. The minimum atomic E-state index is -1.09. The van der Waals surface area contributed by atoms with Crippen LogP contribution in [0.4, 0.5) is 10.5 Å². The van der Waals surface area contributed by atoms with Gasteiger partial charge in [0.2, 0.25) is 0 Å². The molecule has 0 atom stereocenters. The molecule has 1 fully saturated rings. The van der Waals surface area contributed by atoms with Crippen LogP contribution < -0.4 is 5.32 Å². The van der Waals surface area contributed by atoms with E-state index in [1.54, 1.807) is 48.5 Å². The van der Waals surface area contributed by atoms with E-state index >= 15 is 0 Å². The lowest BCUT2D eigenvalue weighted by Gasteiger charge is -2.42. The van der Waals surface area contributed by atoms with Crippen LogP contribution in [0.15, 0.2) is 60.7 Å². The zero-order valence-corrected chi connectivity index (χ0v) is 17.4. The van der Waals surface area contributed by atoms with Crippen molar-refractivity contribution in [1.82, 2.24) is 10.3 Å². The number of pyridine rings is 1. The number of rotatable bonds is 7. The van der Waals surface area contributed by atoms with Crippen LogP contribution in [0.1, 0.15) is 30.5 Å². The molecule has 1 aromatic heterocycles. The summed E-state index contributed by atoms with van der Waals surface area (Å²) in [5, 5.41) is 34.5. The molecular weight excluding hydrogens is 428 g/mol. The van der Waals surface area contributed by atoms with E-state index in [0.717, 1.165) is 12.0 Å². The number of benzene rings is 2. The summed E-state index contributed by atoms with van der Waals surface area (Å²) in [4.78, 5) is 37.0. The van der Waals surface area contributed by atoms with Gasteiger partial charge in [0.25, 0.3) is 12.2 Å². The molecule has 4 rings (SSSR count). The van der Waals surface area contributed by atoms with E-state index < -0.39 is 33.7 Å². The Bertz CT molecular complexity index is 1220. The molecule has 0 unspecified atom stereocenters. The van der Waals surface area contributed by atoms with E-state index in [9.17, 15) is 30.1 Å². The van der Waals surface area contributed by atoms with Crippen molar-refractivity contribution in [2.75, 3.05) is 0 Å². The number of amides is 1. The summed E-state index contributed by atoms with van der Waals surface area (Å²) in [6.07, 6.45) is 1.20. The number of carboxylic acid groups (broad SMARTS) is 1. The summed E-state index contributed by atoms with van der Waals surface area (Å²) in [5.41, 5.74) is 1.69. The highest BCUT2D eigenvalue weighted by atomic mass is 16.6. The smallest absolute Gasteiger partial charge is 0.405 e. The molecule has 1 amide bonds. The summed E-state index contributed by atoms with van der Waals surface area (Å²) in [7, 11) is 0. The number of nitro groups is 2. The molecule has 1 aliphatic carbocycles. The minimum Gasteiger partial charge on any atom is -0.465 e. The van der Waals surface area contributed by atoms with Crippen molar-refractivity contribution in [1.29, 1.82) is 0 Å². The summed E-state index contributed by atoms with van der Waals surface area (Å²) < 4.78 is 0. The molecule has 1 heterocycles. The van der Waals surface area contributed by atoms with Gasteiger partial charge < -0.3 is 10.4 Å². The van der Waals surface area contributed by atoms with Gasteiger partial charge in [-0.1, -0.05) is 54.6 Å². The minimum absolute atomic E-state index is 0.230. The zero-order chi connectivity index (χ0) is 23.6. The maximum Gasteiger partial charge on any atom is 0.405 e. The molecule has 1 saturated carbocycles. The first-order valence-corrected chi connectivity index (χ1v) is 10.3. The Labute approximate surface area is 188 Å². The second-order valence-corrected chi connectivity index (χ2v) is 7.91. The summed E-state index contributed by atoms with van der Waals surface area (Å²) in [6, 6.07) is 17.4. The van der Waals surface area contributed by atoms with Gasteiger partial charge in [0.15, 0.2) is 5.69 Å². The molecule has 2 aromatic carbocycles. The second kappa shape index (κ2) is 8.65. The molecule has 0 spiro atoms. The standard InChI is InChI=1S/C23H20N4O6/c28-22(29)25-23(11-4-12-23)17-9-7-16(8-10-17)21-18(15-5-2-1-3-6-15)13-20(27(32)33)19(24-21)14-26(30)31/h1-3,5-10,13,25H,4,11-12,14H2,(H,28,29). The first-order valence-electron chi connectivity index (χ1n) is 10.3. The maximum absolute atomic E-state index is 11.6. The fourth-order valence-corrected chi connectivity index (χ4v) is 4.16. The highest BCUT2D eigenvalue weighted by Gasteiger charge is 2.40. The van der Waals surface area contributed by atoms with Gasteiger partial charge in [-0.05, 0) is 30.4 Å². The lowest BCUT2D eigenvalue weighted by atomic mass is 9.71.